The quantitative estimate of drug-likeness (QED) is 0.0961. The van der Waals surface area contributed by atoms with Crippen molar-refractivity contribution in [3.63, 3.8) is 0 Å². The predicted molar refractivity (Wildman–Crippen MR) is 165 cm³/mol. The molecule has 1 aliphatic carbocycles. The number of halogens is 3. The van der Waals surface area contributed by atoms with Gasteiger partial charge in [0.15, 0.2) is 10.6 Å². The lowest BCUT2D eigenvalue weighted by molar-refractivity contribution is 0.0520. The molecule has 6 rings (SSSR count). The van der Waals surface area contributed by atoms with Crippen LogP contribution in [0.1, 0.15) is 47.1 Å². The van der Waals surface area contributed by atoms with Gasteiger partial charge >= 0.3 is 5.97 Å². The van der Waals surface area contributed by atoms with Crippen LogP contribution in [0.15, 0.2) is 70.9 Å². The van der Waals surface area contributed by atoms with Crippen LogP contribution in [0.3, 0.4) is 0 Å². The van der Waals surface area contributed by atoms with E-state index in [2.05, 4.69) is 4.98 Å². The maximum atomic E-state index is 15.3. The van der Waals surface area contributed by atoms with E-state index in [9.17, 15) is 17.9 Å². The van der Waals surface area contributed by atoms with Gasteiger partial charge in [0, 0.05) is 34.6 Å². The minimum atomic E-state index is -2.96. The summed E-state index contributed by atoms with van der Waals surface area (Å²) in [6.07, 6.45) is 2.67. The summed E-state index contributed by atoms with van der Waals surface area (Å²) < 4.78 is 74.1. The maximum absolute atomic E-state index is 15.3. The van der Waals surface area contributed by atoms with Crippen molar-refractivity contribution in [2.24, 2.45) is 5.92 Å². The molecule has 0 radical (unpaired) electrons. The second-order valence-corrected chi connectivity index (χ2v) is 12.4. The first-order valence-corrected chi connectivity index (χ1v) is 16.0. The van der Waals surface area contributed by atoms with Gasteiger partial charge in [-0.25, -0.2) is 27.6 Å². The molecule has 234 valence electrons. The first-order valence-electron chi connectivity index (χ1n) is 13.9. The Morgan fingerprint density at radius 3 is 2.56 bits per heavy atom. The van der Waals surface area contributed by atoms with Crippen molar-refractivity contribution in [1.29, 1.82) is 0 Å². The minimum absolute atomic E-state index is 0. The lowest BCUT2D eigenvalue weighted by Crippen LogP contribution is -2.08. The Bertz CT molecular complexity index is 1910. The molecule has 0 aliphatic heterocycles. The van der Waals surface area contributed by atoms with Gasteiger partial charge in [0.25, 0.3) is 0 Å². The molecular formula is C32H29F3N4O4S2. The fraction of sp³-hybridized carbons (Fsp3) is 0.219. The second kappa shape index (κ2) is 13.4. The molecule has 5 aromatic rings. The lowest BCUT2D eigenvalue weighted by atomic mass is 9.94. The van der Waals surface area contributed by atoms with Crippen molar-refractivity contribution in [1.82, 2.24) is 20.9 Å². The highest BCUT2D eigenvalue weighted by Crippen LogP contribution is 2.39. The van der Waals surface area contributed by atoms with E-state index < -0.39 is 34.5 Å². The average Bonchev–Trinajstić information content (AvgIpc) is 3.56. The van der Waals surface area contributed by atoms with Crippen molar-refractivity contribution in [3.8, 4) is 27.5 Å². The van der Waals surface area contributed by atoms with Crippen LogP contribution in [0.2, 0.25) is 0 Å². The van der Waals surface area contributed by atoms with Crippen LogP contribution >= 0.6 is 11.3 Å². The Labute approximate surface area is 263 Å². The van der Waals surface area contributed by atoms with Gasteiger partial charge in [0.05, 0.1) is 29.1 Å². The van der Waals surface area contributed by atoms with Gasteiger partial charge < -0.3 is 15.4 Å². The van der Waals surface area contributed by atoms with Gasteiger partial charge in [-0.3, -0.25) is 0 Å². The Morgan fingerprint density at radius 2 is 1.87 bits per heavy atom. The van der Waals surface area contributed by atoms with E-state index in [1.165, 1.54) is 47.7 Å². The smallest absolute Gasteiger partial charge is 0.357 e. The van der Waals surface area contributed by atoms with E-state index in [-0.39, 0.29) is 40.9 Å². The van der Waals surface area contributed by atoms with Crippen LogP contribution in [-0.2, 0) is 32.9 Å². The van der Waals surface area contributed by atoms with E-state index in [4.69, 9.17) is 9.84 Å². The van der Waals surface area contributed by atoms with E-state index in [0.717, 1.165) is 24.6 Å². The van der Waals surface area contributed by atoms with Gasteiger partial charge in [-0.1, -0.05) is 18.2 Å². The molecule has 3 aromatic carbocycles. The molecule has 0 amide bonds. The van der Waals surface area contributed by atoms with Crippen LogP contribution in [0.25, 0.3) is 27.5 Å². The second-order valence-electron chi connectivity index (χ2n) is 10.5. The van der Waals surface area contributed by atoms with Crippen molar-refractivity contribution in [2.75, 3.05) is 6.61 Å². The summed E-state index contributed by atoms with van der Waals surface area (Å²) >= 11 is -1.76. The molecule has 1 saturated carbocycles. The highest BCUT2D eigenvalue weighted by molar-refractivity contribution is 7.79. The molecule has 1 atom stereocenters. The molecule has 1 aliphatic rings. The summed E-state index contributed by atoms with van der Waals surface area (Å²) in [5.41, 5.74) is 3.24. The molecule has 1 fully saturated rings. The highest BCUT2D eigenvalue weighted by Gasteiger charge is 2.30. The van der Waals surface area contributed by atoms with Crippen molar-refractivity contribution in [3.05, 3.63) is 106 Å². The van der Waals surface area contributed by atoms with Gasteiger partial charge in [0.1, 0.15) is 17.5 Å². The van der Waals surface area contributed by atoms with E-state index in [0.29, 0.717) is 39.9 Å². The van der Waals surface area contributed by atoms with Crippen LogP contribution < -0.4 is 6.15 Å². The third kappa shape index (κ3) is 6.91. The van der Waals surface area contributed by atoms with Crippen LogP contribution in [-0.4, -0.2) is 31.9 Å². The van der Waals surface area contributed by atoms with E-state index in [1.807, 2.05) is 0 Å². The number of rotatable bonds is 10. The lowest BCUT2D eigenvalue weighted by Gasteiger charge is -2.11. The summed E-state index contributed by atoms with van der Waals surface area (Å²) in [6.45, 7) is 1.89. The summed E-state index contributed by atoms with van der Waals surface area (Å²) in [4.78, 5) is 16.7. The molecule has 8 nitrogen and oxygen atoms in total. The number of thiol groups is 1. The predicted octanol–water partition coefficient (Wildman–Crippen LogP) is 7.15. The van der Waals surface area contributed by atoms with Gasteiger partial charge in [-0.05, 0) is 79.6 Å². The fourth-order valence-electron chi connectivity index (χ4n) is 5.06. The largest absolute Gasteiger partial charge is 0.612 e. The number of ether oxygens (including phenoxy) is 1. The maximum Gasteiger partial charge on any atom is 0.357 e. The SMILES string of the molecule is CCOC(=O)c1csc(-n2nc(-c3ccc(F)c(-c4cccc(F)c4)c3)c(Cc3ccc([SH+](=O)[O-])cc3F)c2CC2CC2)n1.N. The molecule has 3 N–H and O–H groups in total. The van der Waals surface area contributed by atoms with Gasteiger partial charge in [0.2, 0.25) is 5.13 Å². The number of hydrogen-bond acceptors (Lipinski definition) is 8. The number of aromatic nitrogens is 3. The zero-order valence-corrected chi connectivity index (χ0v) is 25.8. The Balaban J connectivity index is 0.00000400. The molecule has 0 spiro atoms. The zero-order valence-electron chi connectivity index (χ0n) is 24.1. The van der Waals surface area contributed by atoms with Crippen molar-refractivity contribution >= 4 is 28.4 Å². The van der Waals surface area contributed by atoms with Gasteiger partial charge in [-0.15, -0.1) is 15.5 Å². The summed E-state index contributed by atoms with van der Waals surface area (Å²) in [5.74, 6) is -1.94. The van der Waals surface area contributed by atoms with Crippen LogP contribution in [0.5, 0.6) is 0 Å². The first kappa shape index (κ1) is 32.2. The highest BCUT2D eigenvalue weighted by atomic mass is 32.2. The van der Waals surface area contributed by atoms with Gasteiger partial charge in [-0.2, -0.15) is 5.10 Å². The molecule has 2 aromatic heterocycles. The molecule has 0 saturated heterocycles. The standard InChI is InChI=1S/C32H26F3N3O4S2.H3N/c1-2-42-31(39)28-17-43-32(36-28)38-29(12-18-6-7-18)25(14-20-8-10-23(44(40)41)16-27(20)35)30(37-38)21-9-11-26(34)24(15-21)19-4-3-5-22(33)13-19;/h3-5,8-11,13,15-18,44H,2,6-7,12,14H2,1H3;1H3. The number of carbonyl (C=O) groups is 1. The normalized spacial score (nSPS) is 13.4. The molecule has 45 heavy (non-hydrogen) atoms. The summed E-state index contributed by atoms with van der Waals surface area (Å²) in [5, 5.41) is 6.89. The van der Waals surface area contributed by atoms with Crippen molar-refractivity contribution < 1.29 is 31.5 Å². The molecular weight excluding hydrogens is 626 g/mol. The molecule has 13 heteroatoms. The third-order valence-corrected chi connectivity index (χ3v) is 8.93. The van der Waals surface area contributed by atoms with Crippen molar-refractivity contribution in [2.45, 2.75) is 37.5 Å². The number of carbonyl (C=O) groups excluding carboxylic acids is 1. The topological polar surface area (TPSA) is 132 Å². The Morgan fingerprint density at radius 1 is 1.07 bits per heavy atom. The fourth-order valence-corrected chi connectivity index (χ4v) is 6.24. The molecule has 1 unspecified atom stereocenters. The number of esters is 1. The third-order valence-electron chi connectivity index (χ3n) is 7.42. The minimum Gasteiger partial charge on any atom is -0.612 e. The molecule has 0 bridgehead atoms. The number of thiazole rings is 1. The van der Waals surface area contributed by atoms with E-state index >= 15 is 8.78 Å². The summed E-state index contributed by atoms with van der Waals surface area (Å²) in [7, 11) is 0. The van der Waals surface area contributed by atoms with E-state index in [1.54, 1.807) is 35.2 Å². The number of nitrogens with zero attached hydrogens (tertiary/aromatic N) is 3. The molecule has 2 heterocycles. The Kier molecular flexibility index (Phi) is 9.63. The first-order chi connectivity index (χ1) is 21.2. The Hall–Kier alpha value is -4.17. The van der Waals surface area contributed by atoms with Crippen LogP contribution in [0.4, 0.5) is 13.2 Å². The zero-order chi connectivity index (χ0) is 31.0. The van der Waals surface area contributed by atoms with Crippen LogP contribution in [0, 0.1) is 23.4 Å². The number of hydrogen-bond donors (Lipinski definition) is 1. The average molecular weight is 655 g/mol. The summed E-state index contributed by atoms with van der Waals surface area (Å²) in [6, 6.07) is 13.8. The number of benzene rings is 3. The monoisotopic (exact) mass is 654 g/mol.